The maximum absolute atomic E-state index is 12.9. The quantitative estimate of drug-likeness (QED) is 0.780. The lowest BCUT2D eigenvalue weighted by Gasteiger charge is -2.30. The summed E-state index contributed by atoms with van der Waals surface area (Å²) >= 11 is 0. The molecule has 0 bridgehead atoms. The average molecular weight is 379 g/mol. The number of hydrogen-bond acceptors (Lipinski definition) is 3. The first kappa shape index (κ1) is 19.4. The fourth-order valence-corrected chi connectivity index (χ4v) is 5.22. The van der Waals surface area contributed by atoms with E-state index >= 15 is 0 Å². The van der Waals surface area contributed by atoms with Gasteiger partial charge in [0.05, 0.1) is 13.2 Å². The number of hydrogen-bond donors (Lipinski definition) is 2. The second-order valence-electron chi connectivity index (χ2n) is 8.67. The summed E-state index contributed by atoms with van der Waals surface area (Å²) in [6.45, 7) is -0.222. The standard InChI is InChI=1S/C25H30O3/c26-15-22-13-20-12-21(25(28)24(20)14-23(22)16-27)11-19-8-6-18(7-9-19)10-17-4-2-1-3-5-17/h1-5,13-14,18-19,21,26-27H,6-12,15-16H2. The van der Waals surface area contributed by atoms with Crippen LogP contribution in [0.2, 0.25) is 0 Å². The molecular weight excluding hydrogens is 348 g/mol. The van der Waals surface area contributed by atoms with Crippen molar-refractivity contribution < 1.29 is 15.0 Å². The molecule has 4 rings (SSSR count). The Balaban J connectivity index is 1.34. The van der Waals surface area contributed by atoms with E-state index < -0.39 is 0 Å². The van der Waals surface area contributed by atoms with E-state index in [4.69, 9.17) is 0 Å². The molecule has 148 valence electrons. The van der Waals surface area contributed by atoms with E-state index in [9.17, 15) is 15.0 Å². The monoisotopic (exact) mass is 378 g/mol. The largest absolute Gasteiger partial charge is 0.392 e. The van der Waals surface area contributed by atoms with Gasteiger partial charge < -0.3 is 10.2 Å². The summed E-state index contributed by atoms with van der Waals surface area (Å²) in [5.41, 5.74) is 4.68. The van der Waals surface area contributed by atoms with Gasteiger partial charge in [-0.25, -0.2) is 0 Å². The molecule has 1 unspecified atom stereocenters. The van der Waals surface area contributed by atoms with Gasteiger partial charge in [-0.15, -0.1) is 0 Å². The van der Waals surface area contributed by atoms with Gasteiger partial charge >= 0.3 is 0 Å². The van der Waals surface area contributed by atoms with Gasteiger partial charge in [0.15, 0.2) is 5.78 Å². The molecule has 1 fully saturated rings. The van der Waals surface area contributed by atoms with Gasteiger partial charge in [-0.2, -0.15) is 0 Å². The zero-order valence-corrected chi connectivity index (χ0v) is 16.4. The van der Waals surface area contributed by atoms with Crippen LogP contribution in [0.4, 0.5) is 0 Å². The van der Waals surface area contributed by atoms with Crippen LogP contribution in [0.15, 0.2) is 42.5 Å². The van der Waals surface area contributed by atoms with Crippen molar-refractivity contribution in [2.24, 2.45) is 17.8 Å². The van der Waals surface area contributed by atoms with E-state index in [-0.39, 0.29) is 24.9 Å². The molecule has 0 aliphatic heterocycles. The molecule has 28 heavy (non-hydrogen) atoms. The lowest BCUT2D eigenvalue weighted by atomic mass is 9.75. The van der Waals surface area contributed by atoms with Crippen molar-refractivity contribution in [2.75, 3.05) is 0 Å². The van der Waals surface area contributed by atoms with Crippen LogP contribution in [-0.4, -0.2) is 16.0 Å². The van der Waals surface area contributed by atoms with Gasteiger partial charge in [-0.1, -0.05) is 49.2 Å². The normalized spacial score (nSPS) is 24.4. The van der Waals surface area contributed by atoms with Crippen molar-refractivity contribution in [3.05, 3.63) is 70.3 Å². The summed E-state index contributed by atoms with van der Waals surface area (Å²) in [5, 5.41) is 19.0. The minimum absolute atomic E-state index is 0.0751. The van der Waals surface area contributed by atoms with Crippen molar-refractivity contribution in [2.45, 2.75) is 58.2 Å². The van der Waals surface area contributed by atoms with E-state index in [0.717, 1.165) is 35.4 Å². The number of ketones is 1. The van der Waals surface area contributed by atoms with Crippen molar-refractivity contribution in [3.8, 4) is 0 Å². The molecule has 0 heterocycles. The Morgan fingerprint density at radius 3 is 2.18 bits per heavy atom. The molecule has 3 nitrogen and oxygen atoms in total. The fraction of sp³-hybridized carbons (Fsp3) is 0.480. The van der Waals surface area contributed by atoms with Crippen LogP contribution in [0.25, 0.3) is 0 Å². The molecule has 0 amide bonds. The number of aliphatic hydroxyl groups is 2. The zero-order chi connectivity index (χ0) is 19.5. The van der Waals surface area contributed by atoms with Gasteiger partial charge in [-0.05, 0) is 72.3 Å². The molecule has 3 heteroatoms. The van der Waals surface area contributed by atoms with Crippen LogP contribution >= 0.6 is 0 Å². The Hall–Kier alpha value is -1.97. The maximum Gasteiger partial charge on any atom is 0.166 e. The minimum atomic E-state index is -0.132. The SMILES string of the molecule is O=C1c2cc(CO)c(CO)cc2CC1CC1CCC(Cc2ccccc2)CC1. The van der Waals surface area contributed by atoms with Crippen LogP contribution in [0.1, 0.15) is 64.7 Å². The first-order valence-corrected chi connectivity index (χ1v) is 10.6. The second-order valence-corrected chi connectivity index (χ2v) is 8.67. The second kappa shape index (κ2) is 8.59. The van der Waals surface area contributed by atoms with Crippen LogP contribution in [0.3, 0.4) is 0 Å². The predicted molar refractivity (Wildman–Crippen MR) is 110 cm³/mol. The minimum Gasteiger partial charge on any atom is -0.392 e. The molecule has 2 aliphatic rings. The third-order valence-electron chi connectivity index (χ3n) is 6.82. The topological polar surface area (TPSA) is 57.5 Å². The first-order chi connectivity index (χ1) is 13.7. The highest BCUT2D eigenvalue weighted by Gasteiger charge is 2.34. The molecule has 2 aromatic carbocycles. The lowest BCUT2D eigenvalue weighted by molar-refractivity contribution is 0.0907. The van der Waals surface area contributed by atoms with E-state index in [0.29, 0.717) is 11.5 Å². The van der Waals surface area contributed by atoms with E-state index in [1.54, 1.807) is 6.07 Å². The molecule has 0 aromatic heterocycles. The molecule has 2 aliphatic carbocycles. The van der Waals surface area contributed by atoms with Gasteiger partial charge in [0.25, 0.3) is 0 Å². The number of carbonyl (C=O) groups excluding carboxylic acids is 1. The smallest absolute Gasteiger partial charge is 0.166 e. The third-order valence-corrected chi connectivity index (χ3v) is 6.82. The summed E-state index contributed by atoms with van der Waals surface area (Å²) in [6.07, 6.45) is 7.91. The fourth-order valence-electron chi connectivity index (χ4n) is 5.22. The number of rotatable bonds is 6. The Labute approximate surface area is 167 Å². The average Bonchev–Trinajstić information content (AvgIpc) is 3.03. The van der Waals surface area contributed by atoms with Crippen molar-refractivity contribution in [1.82, 2.24) is 0 Å². The van der Waals surface area contributed by atoms with Crippen molar-refractivity contribution in [3.63, 3.8) is 0 Å². The molecule has 0 radical (unpaired) electrons. The lowest BCUT2D eigenvalue weighted by Crippen LogP contribution is -2.21. The molecule has 1 saturated carbocycles. The van der Waals surface area contributed by atoms with E-state index in [1.807, 2.05) is 6.07 Å². The van der Waals surface area contributed by atoms with Crippen molar-refractivity contribution in [1.29, 1.82) is 0 Å². The Morgan fingerprint density at radius 1 is 0.857 bits per heavy atom. The highest BCUT2D eigenvalue weighted by Crippen LogP contribution is 2.39. The molecule has 0 spiro atoms. The van der Waals surface area contributed by atoms with Crippen molar-refractivity contribution >= 4 is 5.78 Å². The summed E-state index contributed by atoms with van der Waals surface area (Å²) in [7, 11) is 0. The number of benzene rings is 2. The third kappa shape index (κ3) is 4.06. The summed E-state index contributed by atoms with van der Waals surface area (Å²) in [5.74, 6) is 1.73. The van der Waals surface area contributed by atoms with Gasteiger partial charge in [-0.3, -0.25) is 4.79 Å². The first-order valence-electron chi connectivity index (χ1n) is 10.6. The number of fused-ring (bicyclic) bond motifs is 1. The highest BCUT2D eigenvalue weighted by molar-refractivity contribution is 6.02. The van der Waals surface area contributed by atoms with E-state index in [2.05, 4.69) is 30.3 Å². The van der Waals surface area contributed by atoms with Crippen LogP contribution < -0.4 is 0 Å². The Bertz CT molecular complexity index is 819. The van der Waals surface area contributed by atoms with Crippen LogP contribution in [-0.2, 0) is 26.1 Å². The number of aliphatic hydroxyl groups excluding tert-OH is 2. The number of carbonyl (C=O) groups is 1. The molecule has 1 atom stereocenters. The van der Waals surface area contributed by atoms with Gasteiger partial charge in [0, 0.05) is 11.5 Å². The van der Waals surface area contributed by atoms with Crippen LogP contribution in [0.5, 0.6) is 0 Å². The zero-order valence-electron chi connectivity index (χ0n) is 16.4. The Morgan fingerprint density at radius 2 is 1.50 bits per heavy atom. The molecule has 2 N–H and O–H groups in total. The van der Waals surface area contributed by atoms with Gasteiger partial charge in [0.2, 0.25) is 0 Å². The molecular formula is C25H30O3. The number of Topliss-reactive ketones (excluding diaryl/α,β-unsaturated/α-hetero) is 1. The predicted octanol–water partition coefficient (Wildman–Crippen LogP) is 4.47. The maximum atomic E-state index is 12.9. The molecule has 0 saturated heterocycles. The Kier molecular flexibility index (Phi) is 5.93. The van der Waals surface area contributed by atoms with E-state index in [1.165, 1.54) is 37.7 Å². The molecule has 2 aromatic rings. The summed E-state index contributed by atoms with van der Waals surface area (Å²) in [6, 6.07) is 14.5. The highest BCUT2D eigenvalue weighted by atomic mass is 16.3. The summed E-state index contributed by atoms with van der Waals surface area (Å²) < 4.78 is 0. The van der Waals surface area contributed by atoms with Crippen LogP contribution in [0, 0.1) is 17.8 Å². The van der Waals surface area contributed by atoms with Gasteiger partial charge in [0.1, 0.15) is 0 Å². The summed E-state index contributed by atoms with van der Waals surface area (Å²) in [4.78, 5) is 12.9.